The Labute approximate surface area is 133 Å². The monoisotopic (exact) mass is 379 g/mol. The van der Waals surface area contributed by atoms with E-state index in [9.17, 15) is 0 Å². The van der Waals surface area contributed by atoms with Crippen LogP contribution >= 0.6 is 22.6 Å². The summed E-state index contributed by atoms with van der Waals surface area (Å²) in [5, 5.41) is 0. The highest BCUT2D eigenvalue weighted by Crippen LogP contribution is 2.35. The van der Waals surface area contributed by atoms with Gasteiger partial charge in [0.05, 0.1) is 17.7 Å². The third kappa shape index (κ3) is 2.56. The molecule has 104 valence electrons. The van der Waals surface area contributed by atoms with E-state index in [1.807, 2.05) is 0 Å². The van der Waals surface area contributed by atoms with Crippen LogP contribution in [0.3, 0.4) is 0 Å². The number of alkyl halides is 1. The van der Waals surface area contributed by atoms with Crippen molar-refractivity contribution in [1.82, 2.24) is 4.90 Å². The van der Waals surface area contributed by atoms with Gasteiger partial charge in [-0.15, -0.1) is 0 Å². The number of nitrogens with zero attached hydrogens (tertiary/aromatic N) is 1. The van der Waals surface area contributed by atoms with Crippen LogP contribution < -0.4 is 4.74 Å². The predicted octanol–water partition coefficient (Wildman–Crippen LogP) is 4.04. The van der Waals surface area contributed by atoms with E-state index in [0.717, 1.165) is 23.3 Å². The van der Waals surface area contributed by atoms with Crippen LogP contribution in [0.2, 0.25) is 0 Å². The first kappa shape index (κ1) is 13.9. The molecule has 2 aromatic rings. The Balaban J connectivity index is 2.03. The van der Waals surface area contributed by atoms with Crippen molar-refractivity contribution in [3.63, 3.8) is 0 Å². The fraction of sp³-hybridized carbons (Fsp3) is 0.294. The molecule has 1 aliphatic rings. The standard InChI is InChI=1S/C17H18INO/c1-20-15-8-6-14(7-9-15)17-16-5-3-2-4-13(16)10-11-19(17)12-18/h2-9,17H,10-12H2,1H3. The molecular weight excluding hydrogens is 361 g/mol. The van der Waals surface area contributed by atoms with Crippen LogP contribution in [0.5, 0.6) is 5.75 Å². The number of hydrogen-bond donors (Lipinski definition) is 0. The smallest absolute Gasteiger partial charge is 0.118 e. The first-order chi connectivity index (χ1) is 9.83. The molecule has 2 aromatic carbocycles. The number of hydrogen-bond acceptors (Lipinski definition) is 2. The van der Waals surface area contributed by atoms with Gasteiger partial charge in [-0.2, -0.15) is 0 Å². The lowest BCUT2D eigenvalue weighted by Gasteiger charge is -2.36. The number of rotatable bonds is 3. The number of fused-ring (bicyclic) bond motifs is 1. The molecule has 1 aliphatic heterocycles. The van der Waals surface area contributed by atoms with Gasteiger partial charge in [0.15, 0.2) is 0 Å². The van der Waals surface area contributed by atoms with Crippen LogP contribution in [-0.2, 0) is 6.42 Å². The average molecular weight is 379 g/mol. The lowest BCUT2D eigenvalue weighted by molar-refractivity contribution is 0.259. The summed E-state index contributed by atoms with van der Waals surface area (Å²) < 4.78 is 6.31. The lowest BCUT2D eigenvalue weighted by atomic mass is 9.88. The maximum Gasteiger partial charge on any atom is 0.118 e. The zero-order valence-electron chi connectivity index (χ0n) is 11.6. The summed E-state index contributed by atoms with van der Waals surface area (Å²) in [6.07, 6.45) is 1.14. The minimum atomic E-state index is 0.364. The topological polar surface area (TPSA) is 12.5 Å². The Bertz CT molecular complexity index is 582. The number of halogens is 1. The van der Waals surface area contributed by atoms with Crippen molar-refractivity contribution >= 4 is 22.6 Å². The third-order valence-electron chi connectivity index (χ3n) is 3.97. The second-order valence-corrected chi connectivity index (χ2v) is 5.74. The van der Waals surface area contributed by atoms with Crippen molar-refractivity contribution < 1.29 is 4.74 Å². The summed E-state index contributed by atoms with van der Waals surface area (Å²) in [6.45, 7) is 1.12. The van der Waals surface area contributed by atoms with Gasteiger partial charge in [0.2, 0.25) is 0 Å². The molecule has 0 aromatic heterocycles. The Hall–Kier alpha value is -1.07. The van der Waals surface area contributed by atoms with Gasteiger partial charge in [-0.1, -0.05) is 59.0 Å². The van der Waals surface area contributed by atoms with Gasteiger partial charge < -0.3 is 4.74 Å². The van der Waals surface area contributed by atoms with Crippen LogP contribution in [0, 0.1) is 0 Å². The molecule has 2 nitrogen and oxygen atoms in total. The molecule has 0 N–H and O–H groups in total. The minimum absolute atomic E-state index is 0.364. The summed E-state index contributed by atoms with van der Waals surface area (Å²) in [7, 11) is 1.71. The van der Waals surface area contributed by atoms with Gasteiger partial charge in [-0.3, -0.25) is 4.90 Å². The van der Waals surface area contributed by atoms with E-state index in [1.54, 1.807) is 7.11 Å². The molecule has 1 heterocycles. The second-order valence-electron chi connectivity index (χ2n) is 5.06. The molecule has 0 amide bonds. The summed E-state index contributed by atoms with van der Waals surface area (Å²) >= 11 is 2.46. The van der Waals surface area contributed by atoms with Crippen LogP contribution in [0.1, 0.15) is 22.7 Å². The molecule has 0 aliphatic carbocycles. The van der Waals surface area contributed by atoms with Gasteiger partial charge in [0.25, 0.3) is 0 Å². The molecule has 0 saturated carbocycles. The minimum Gasteiger partial charge on any atom is -0.497 e. The van der Waals surface area contributed by atoms with Crippen LogP contribution in [-0.4, -0.2) is 23.1 Å². The van der Waals surface area contributed by atoms with E-state index >= 15 is 0 Å². The fourth-order valence-corrected chi connectivity index (χ4v) is 3.66. The highest BCUT2D eigenvalue weighted by molar-refractivity contribution is 14.1. The van der Waals surface area contributed by atoms with E-state index in [-0.39, 0.29) is 0 Å². The first-order valence-corrected chi connectivity index (χ1v) is 8.38. The van der Waals surface area contributed by atoms with E-state index < -0.39 is 0 Å². The van der Waals surface area contributed by atoms with Gasteiger partial charge in [-0.05, 0) is 35.2 Å². The molecule has 0 radical (unpaired) electrons. The molecule has 0 bridgehead atoms. The van der Waals surface area contributed by atoms with Gasteiger partial charge in [-0.25, -0.2) is 0 Å². The van der Waals surface area contributed by atoms with E-state index in [1.165, 1.54) is 16.7 Å². The van der Waals surface area contributed by atoms with Crippen LogP contribution in [0.25, 0.3) is 0 Å². The Morgan fingerprint density at radius 3 is 2.60 bits per heavy atom. The molecular formula is C17H18INO. The van der Waals surface area contributed by atoms with Crippen LogP contribution in [0.4, 0.5) is 0 Å². The zero-order valence-corrected chi connectivity index (χ0v) is 13.7. The van der Waals surface area contributed by atoms with Gasteiger partial charge in [0.1, 0.15) is 5.75 Å². The van der Waals surface area contributed by atoms with Crippen molar-refractivity contribution in [2.75, 3.05) is 18.2 Å². The number of methoxy groups -OCH3 is 1. The molecule has 0 fully saturated rings. The van der Waals surface area contributed by atoms with Crippen molar-refractivity contribution in [2.45, 2.75) is 12.5 Å². The predicted molar refractivity (Wildman–Crippen MR) is 90.6 cm³/mol. The zero-order chi connectivity index (χ0) is 13.9. The summed E-state index contributed by atoms with van der Waals surface area (Å²) in [6, 6.07) is 17.7. The second kappa shape index (κ2) is 6.14. The summed E-state index contributed by atoms with van der Waals surface area (Å²) in [4.78, 5) is 2.53. The highest BCUT2D eigenvalue weighted by atomic mass is 127. The Morgan fingerprint density at radius 1 is 1.15 bits per heavy atom. The third-order valence-corrected chi connectivity index (χ3v) is 4.84. The largest absolute Gasteiger partial charge is 0.497 e. The maximum atomic E-state index is 5.26. The normalized spacial score (nSPS) is 18.6. The molecule has 3 rings (SSSR count). The van der Waals surface area contributed by atoms with E-state index in [4.69, 9.17) is 4.74 Å². The van der Waals surface area contributed by atoms with Crippen molar-refractivity contribution in [3.8, 4) is 5.75 Å². The molecule has 0 spiro atoms. The SMILES string of the molecule is COc1ccc(C2c3ccccc3CCN2CI)cc1. The van der Waals surface area contributed by atoms with Crippen LogP contribution in [0.15, 0.2) is 48.5 Å². The van der Waals surface area contributed by atoms with E-state index in [2.05, 4.69) is 76.0 Å². The molecule has 20 heavy (non-hydrogen) atoms. The lowest BCUT2D eigenvalue weighted by Crippen LogP contribution is -2.35. The Morgan fingerprint density at radius 2 is 1.90 bits per heavy atom. The average Bonchev–Trinajstić information content (AvgIpc) is 2.54. The highest BCUT2D eigenvalue weighted by Gasteiger charge is 2.27. The summed E-state index contributed by atoms with van der Waals surface area (Å²) in [5.41, 5.74) is 4.27. The number of benzene rings is 2. The molecule has 3 heteroatoms. The van der Waals surface area contributed by atoms with E-state index in [0.29, 0.717) is 6.04 Å². The number of ether oxygens (including phenoxy) is 1. The molecule has 1 atom stereocenters. The van der Waals surface area contributed by atoms with Gasteiger partial charge in [0, 0.05) is 6.54 Å². The molecule has 1 unspecified atom stereocenters. The summed E-state index contributed by atoms with van der Waals surface area (Å²) in [5.74, 6) is 0.916. The molecule has 0 saturated heterocycles. The quantitative estimate of drug-likeness (QED) is 0.454. The van der Waals surface area contributed by atoms with Crippen molar-refractivity contribution in [2.24, 2.45) is 0 Å². The first-order valence-electron chi connectivity index (χ1n) is 6.85. The Kier molecular flexibility index (Phi) is 4.27. The fourth-order valence-electron chi connectivity index (χ4n) is 2.92. The van der Waals surface area contributed by atoms with Crippen molar-refractivity contribution in [1.29, 1.82) is 0 Å². The van der Waals surface area contributed by atoms with Crippen molar-refractivity contribution in [3.05, 3.63) is 65.2 Å². The van der Waals surface area contributed by atoms with Gasteiger partial charge >= 0.3 is 0 Å². The maximum absolute atomic E-state index is 5.26.